The van der Waals surface area contributed by atoms with Gasteiger partial charge in [-0.2, -0.15) is 0 Å². The third-order valence-electron chi connectivity index (χ3n) is 4.82. The summed E-state index contributed by atoms with van der Waals surface area (Å²) in [6.07, 6.45) is 0.649. The van der Waals surface area contributed by atoms with E-state index in [1.54, 1.807) is 17.0 Å². The van der Waals surface area contributed by atoms with Crippen molar-refractivity contribution in [2.75, 3.05) is 13.1 Å². The minimum absolute atomic E-state index is 0.0848. The summed E-state index contributed by atoms with van der Waals surface area (Å²) in [6.45, 7) is 6.86. The van der Waals surface area contributed by atoms with Crippen molar-refractivity contribution in [2.45, 2.75) is 51.9 Å². The van der Waals surface area contributed by atoms with Gasteiger partial charge in [0.05, 0.1) is 0 Å². The molecule has 31 heavy (non-hydrogen) atoms. The molecule has 1 amide bonds. The molecule has 0 unspecified atom stereocenters. The first-order valence-corrected chi connectivity index (χ1v) is 10.4. The van der Waals surface area contributed by atoms with Crippen LogP contribution in [0.3, 0.4) is 0 Å². The highest BCUT2D eigenvalue weighted by Crippen LogP contribution is 2.29. The molecule has 166 valence electrons. The van der Waals surface area contributed by atoms with Gasteiger partial charge in [-0.05, 0) is 38.5 Å². The Bertz CT molecular complexity index is 898. The molecule has 0 spiro atoms. The minimum Gasteiger partial charge on any atom is -0.489 e. The van der Waals surface area contributed by atoms with E-state index in [2.05, 4.69) is 0 Å². The fourth-order valence-electron chi connectivity index (χ4n) is 3.27. The molecule has 3 rings (SSSR count). The summed E-state index contributed by atoms with van der Waals surface area (Å²) in [5, 5.41) is 9.53. The van der Waals surface area contributed by atoms with Crippen molar-refractivity contribution in [3.63, 3.8) is 0 Å². The van der Waals surface area contributed by atoms with Crippen molar-refractivity contribution in [2.24, 2.45) is 0 Å². The molecule has 1 saturated heterocycles. The highest BCUT2D eigenvalue weighted by atomic mass is 16.6. The average molecular weight is 427 g/mol. The number of carbonyl (C=O) groups is 2. The Hall–Kier alpha value is -3.22. The van der Waals surface area contributed by atoms with Crippen LogP contribution in [0.1, 0.15) is 49.5 Å². The van der Waals surface area contributed by atoms with E-state index in [1.807, 2.05) is 51.1 Å². The number of hydrogen-bond donors (Lipinski definition) is 1. The molecule has 0 aliphatic carbocycles. The number of aromatic carboxylic acids is 1. The number of carboxylic acids is 1. The van der Waals surface area contributed by atoms with Crippen LogP contribution >= 0.6 is 0 Å². The Morgan fingerprint density at radius 3 is 2.35 bits per heavy atom. The van der Waals surface area contributed by atoms with Crippen LogP contribution in [0, 0.1) is 0 Å². The van der Waals surface area contributed by atoms with Gasteiger partial charge in [0.2, 0.25) is 0 Å². The van der Waals surface area contributed by atoms with Crippen molar-refractivity contribution >= 4 is 12.1 Å². The fourth-order valence-corrected chi connectivity index (χ4v) is 3.27. The topological polar surface area (TPSA) is 85.3 Å². The van der Waals surface area contributed by atoms with E-state index < -0.39 is 11.6 Å². The number of piperidine rings is 1. The van der Waals surface area contributed by atoms with Gasteiger partial charge in [-0.1, -0.05) is 30.3 Å². The Morgan fingerprint density at radius 2 is 1.74 bits per heavy atom. The van der Waals surface area contributed by atoms with Crippen molar-refractivity contribution in [1.82, 2.24) is 4.90 Å². The molecule has 1 fully saturated rings. The zero-order valence-corrected chi connectivity index (χ0v) is 18.2. The van der Waals surface area contributed by atoms with Gasteiger partial charge in [-0.15, -0.1) is 0 Å². The summed E-state index contributed by atoms with van der Waals surface area (Å²) in [7, 11) is 0. The van der Waals surface area contributed by atoms with Crippen LogP contribution in [0.5, 0.6) is 11.5 Å². The van der Waals surface area contributed by atoms with E-state index in [1.165, 1.54) is 6.07 Å². The minimum atomic E-state index is -1.06. The predicted octanol–water partition coefficient (Wildman–Crippen LogP) is 4.74. The number of amides is 1. The lowest BCUT2D eigenvalue weighted by molar-refractivity contribution is 0.0126. The van der Waals surface area contributed by atoms with Gasteiger partial charge in [0, 0.05) is 32.0 Å². The number of carboxylic acid groups (broad SMARTS) is 1. The smallest absolute Gasteiger partial charge is 0.410 e. The Morgan fingerprint density at radius 1 is 1.06 bits per heavy atom. The second-order valence-corrected chi connectivity index (χ2v) is 8.52. The summed E-state index contributed by atoms with van der Waals surface area (Å²) in [6, 6.07) is 14.5. The van der Waals surface area contributed by atoms with Crippen molar-refractivity contribution in [3.8, 4) is 11.5 Å². The van der Waals surface area contributed by atoms with Crippen molar-refractivity contribution in [1.29, 1.82) is 0 Å². The quantitative estimate of drug-likeness (QED) is 0.717. The summed E-state index contributed by atoms with van der Waals surface area (Å²) in [5.74, 6) is -0.250. The zero-order chi connectivity index (χ0) is 22.4. The highest BCUT2D eigenvalue weighted by molar-refractivity contribution is 5.91. The number of rotatable bonds is 6. The lowest BCUT2D eigenvalue weighted by Crippen LogP contribution is -2.44. The van der Waals surface area contributed by atoms with Crippen LogP contribution in [0.25, 0.3) is 0 Å². The average Bonchev–Trinajstić information content (AvgIpc) is 2.72. The van der Waals surface area contributed by atoms with Gasteiger partial charge in [0.1, 0.15) is 35.4 Å². The molecule has 1 aliphatic heterocycles. The van der Waals surface area contributed by atoms with Gasteiger partial charge in [-0.3, -0.25) is 0 Å². The molecule has 7 heteroatoms. The van der Waals surface area contributed by atoms with Crippen LogP contribution in [0.15, 0.2) is 48.5 Å². The maximum Gasteiger partial charge on any atom is 0.410 e. The van der Waals surface area contributed by atoms with Crippen LogP contribution in [0.2, 0.25) is 0 Å². The largest absolute Gasteiger partial charge is 0.489 e. The number of benzene rings is 2. The zero-order valence-electron chi connectivity index (χ0n) is 18.2. The number of ether oxygens (including phenoxy) is 3. The van der Waals surface area contributed by atoms with Crippen LogP contribution in [0.4, 0.5) is 4.79 Å². The maximum atomic E-state index is 12.2. The maximum absolute atomic E-state index is 12.2. The first kappa shape index (κ1) is 22.5. The number of carbonyl (C=O) groups excluding carboxylic acids is 1. The Balaban J connectivity index is 1.62. The molecule has 2 aromatic rings. The van der Waals surface area contributed by atoms with Crippen molar-refractivity contribution in [3.05, 3.63) is 59.7 Å². The lowest BCUT2D eigenvalue weighted by Gasteiger charge is -2.33. The number of hydrogen-bond acceptors (Lipinski definition) is 5. The molecular weight excluding hydrogens is 398 g/mol. The molecule has 0 bridgehead atoms. The first-order valence-electron chi connectivity index (χ1n) is 10.4. The second kappa shape index (κ2) is 9.73. The summed E-state index contributed by atoms with van der Waals surface area (Å²) >= 11 is 0. The summed E-state index contributed by atoms with van der Waals surface area (Å²) < 4.78 is 17.3. The van der Waals surface area contributed by atoms with Gasteiger partial charge in [0.25, 0.3) is 0 Å². The van der Waals surface area contributed by atoms with E-state index in [0.717, 1.165) is 5.56 Å². The molecule has 0 saturated carbocycles. The Kier molecular flexibility index (Phi) is 7.05. The van der Waals surface area contributed by atoms with E-state index in [0.29, 0.717) is 38.3 Å². The van der Waals surface area contributed by atoms with Gasteiger partial charge < -0.3 is 24.2 Å². The molecule has 0 atom stereocenters. The van der Waals surface area contributed by atoms with Gasteiger partial charge in [-0.25, -0.2) is 9.59 Å². The molecule has 1 N–H and O–H groups in total. The lowest BCUT2D eigenvalue weighted by atomic mass is 10.1. The molecule has 7 nitrogen and oxygen atoms in total. The number of likely N-dealkylation sites (tertiary alicyclic amines) is 1. The summed E-state index contributed by atoms with van der Waals surface area (Å²) in [5.41, 5.74) is 0.560. The third kappa shape index (κ3) is 6.64. The van der Waals surface area contributed by atoms with Gasteiger partial charge in [0.15, 0.2) is 0 Å². The van der Waals surface area contributed by atoms with E-state index in [9.17, 15) is 14.7 Å². The molecule has 0 radical (unpaired) electrons. The summed E-state index contributed by atoms with van der Waals surface area (Å²) in [4.78, 5) is 25.5. The Labute approximate surface area is 182 Å². The van der Waals surface area contributed by atoms with Crippen LogP contribution in [-0.2, 0) is 11.3 Å². The number of nitrogens with zero attached hydrogens (tertiary/aromatic N) is 1. The van der Waals surface area contributed by atoms with E-state index >= 15 is 0 Å². The predicted molar refractivity (Wildman–Crippen MR) is 116 cm³/mol. The molecule has 0 aromatic heterocycles. The molecule has 2 aromatic carbocycles. The van der Waals surface area contributed by atoms with Crippen LogP contribution in [-0.4, -0.2) is 46.9 Å². The highest BCUT2D eigenvalue weighted by Gasteiger charge is 2.28. The fraction of sp³-hybridized carbons (Fsp3) is 0.417. The van der Waals surface area contributed by atoms with E-state index in [4.69, 9.17) is 14.2 Å². The second-order valence-electron chi connectivity index (χ2n) is 8.52. The SMILES string of the molecule is CC(C)(C)OC(=O)N1CCC(Oc2cc(OCc3ccccc3)ccc2C(=O)O)CC1. The molecular formula is C24H29NO6. The molecule has 1 aliphatic rings. The van der Waals surface area contributed by atoms with Crippen molar-refractivity contribution < 1.29 is 28.9 Å². The standard InChI is InChI=1S/C24H29NO6/c1-24(2,3)31-23(28)25-13-11-18(12-14-25)30-21-15-19(9-10-20(21)22(26)27)29-16-17-7-5-4-6-8-17/h4-10,15,18H,11-14,16H2,1-3H3,(H,26,27). The third-order valence-corrected chi connectivity index (χ3v) is 4.82. The van der Waals surface area contributed by atoms with Gasteiger partial charge >= 0.3 is 12.1 Å². The van der Waals surface area contributed by atoms with E-state index in [-0.39, 0.29) is 23.5 Å². The van der Waals surface area contributed by atoms with Crippen LogP contribution < -0.4 is 9.47 Å². The normalized spacial score (nSPS) is 14.7. The monoisotopic (exact) mass is 427 g/mol. The molecule has 1 heterocycles. The first-order chi connectivity index (χ1) is 14.7.